The third kappa shape index (κ3) is 6.55. The molecule has 1 aliphatic heterocycles. The van der Waals surface area contributed by atoms with Gasteiger partial charge in [0.05, 0.1) is 18.8 Å². The van der Waals surface area contributed by atoms with Crippen molar-refractivity contribution in [3.05, 3.63) is 82.0 Å². The number of piperazine rings is 1. The smallest absolute Gasteiger partial charge is 0.267 e. The van der Waals surface area contributed by atoms with Crippen molar-refractivity contribution in [3.63, 3.8) is 0 Å². The van der Waals surface area contributed by atoms with Crippen molar-refractivity contribution in [1.29, 1.82) is 0 Å². The Morgan fingerprint density at radius 2 is 1.77 bits per heavy atom. The molecule has 2 aromatic carbocycles. The lowest BCUT2D eigenvalue weighted by Crippen LogP contribution is -2.44. The van der Waals surface area contributed by atoms with Crippen LogP contribution >= 0.6 is 0 Å². The second-order valence-electron chi connectivity index (χ2n) is 9.67. The van der Waals surface area contributed by atoms with Crippen molar-refractivity contribution in [2.24, 2.45) is 0 Å². The van der Waals surface area contributed by atoms with Crippen LogP contribution in [0.2, 0.25) is 0 Å². The highest BCUT2D eigenvalue weighted by molar-refractivity contribution is 5.60. The van der Waals surface area contributed by atoms with Gasteiger partial charge in [0.15, 0.2) is 17.4 Å². The molecule has 2 aromatic heterocycles. The number of likely N-dealkylation sites (N-methyl/N-ethyl adjacent to an activating group) is 1. The van der Waals surface area contributed by atoms with Crippen LogP contribution < -0.4 is 10.3 Å². The van der Waals surface area contributed by atoms with Gasteiger partial charge in [-0.15, -0.1) is 0 Å². The Hall–Kier alpha value is -3.96. The zero-order valence-electron chi connectivity index (χ0n) is 21.9. The minimum absolute atomic E-state index is 0.150. The molecule has 1 saturated heterocycles. The lowest BCUT2D eigenvalue weighted by atomic mass is 10.1. The fourth-order valence-corrected chi connectivity index (χ4v) is 4.49. The first-order valence-electron chi connectivity index (χ1n) is 12.9. The molecule has 0 N–H and O–H groups in total. The molecule has 11 heteroatoms. The molecule has 0 unspecified atom stereocenters. The molecular formula is C28H30F2N6O3. The van der Waals surface area contributed by atoms with Crippen LogP contribution in [0.5, 0.6) is 5.75 Å². The minimum atomic E-state index is -0.813. The molecule has 0 bridgehead atoms. The zero-order chi connectivity index (χ0) is 27.4. The largest absolute Gasteiger partial charge is 0.488 e. The van der Waals surface area contributed by atoms with Gasteiger partial charge >= 0.3 is 0 Å². The summed E-state index contributed by atoms with van der Waals surface area (Å²) in [7, 11) is 2.10. The highest BCUT2D eigenvalue weighted by Gasteiger charge is 2.17. The van der Waals surface area contributed by atoms with E-state index in [-0.39, 0.29) is 30.0 Å². The SMILES string of the molecule is Cc1nc(-c2cccc(Cn3nc(-c4cc(F)c(OCCCN5CCN(C)CC5)c(F)c4)ccc3=O)c2)no1. The van der Waals surface area contributed by atoms with E-state index in [0.29, 0.717) is 18.1 Å². The average Bonchev–Trinajstić information content (AvgIpc) is 3.36. The van der Waals surface area contributed by atoms with E-state index in [2.05, 4.69) is 32.1 Å². The molecule has 4 aromatic rings. The van der Waals surface area contributed by atoms with Gasteiger partial charge in [0.2, 0.25) is 11.7 Å². The lowest BCUT2D eigenvalue weighted by Gasteiger charge is -2.32. The maximum atomic E-state index is 14.9. The number of benzene rings is 2. The van der Waals surface area contributed by atoms with Crippen LogP contribution in [0.25, 0.3) is 22.6 Å². The topological polar surface area (TPSA) is 89.5 Å². The van der Waals surface area contributed by atoms with Crippen molar-refractivity contribution in [3.8, 4) is 28.4 Å². The van der Waals surface area contributed by atoms with E-state index in [1.807, 2.05) is 24.3 Å². The number of hydrogen-bond acceptors (Lipinski definition) is 8. The third-order valence-corrected chi connectivity index (χ3v) is 6.67. The van der Waals surface area contributed by atoms with Crippen molar-refractivity contribution >= 4 is 0 Å². The first-order chi connectivity index (χ1) is 18.9. The van der Waals surface area contributed by atoms with Crippen LogP contribution in [-0.4, -0.2) is 76.1 Å². The van der Waals surface area contributed by atoms with E-state index in [9.17, 15) is 13.6 Å². The number of hydrogen-bond donors (Lipinski definition) is 0. The second kappa shape index (κ2) is 11.8. The van der Waals surface area contributed by atoms with E-state index in [0.717, 1.165) is 43.9 Å². The van der Waals surface area contributed by atoms with Crippen LogP contribution in [0.15, 0.2) is 57.8 Å². The van der Waals surface area contributed by atoms with Crippen LogP contribution in [-0.2, 0) is 6.54 Å². The molecule has 0 radical (unpaired) electrons. The predicted octanol–water partition coefficient (Wildman–Crippen LogP) is 3.61. The van der Waals surface area contributed by atoms with Crippen molar-refractivity contribution < 1.29 is 18.0 Å². The normalized spacial score (nSPS) is 14.6. The van der Waals surface area contributed by atoms with Crippen molar-refractivity contribution in [2.45, 2.75) is 19.9 Å². The predicted molar refractivity (Wildman–Crippen MR) is 141 cm³/mol. The number of aryl methyl sites for hydroxylation is 1. The summed E-state index contributed by atoms with van der Waals surface area (Å²) in [5.74, 6) is -1.14. The summed E-state index contributed by atoms with van der Waals surface area (Å²) in [5, 5.41) is 8.28. The standard InChI is InChI=1S/C28H30F2N6O3/c1-19-31-28(33-39-19)21-6-3-5-20(15-21)18-36-26(37)8-7-25(32-36)22-16-23(29)27(24(30)17-22)38-14-4-9-35-12-10-34(2)11-13-35/h3,5-8,15-17H,4,9-14,18H2,1-2H3. The maximum absolute atomic E-state index is 14.9. The summed E-state index contributed by atoms with van der Waals surface area (Å²) in [6.45, 7) is 6.87. The van der Waals surface area contributed by atoms with Gasteiger partial charge in [0.1, 0.15) is 0 Å². The Bertz CT molecular complexity index is 1470. The fraction of sp³-hybridized carbons (Fsp3) is 0.357. The molecule has 1 aliphatic rings. The summed E-state index contributed by atoms with van der Waals surface area (Å²) < 4.78 is 41.5. The third-order valence-electron chi connectivity index (χ3n) is 6.67. The van der Waals surface area contributed by atoms with Gasteiger partial charge in [-0.05, 0) is 43.3 Å². The van der Waals surface area contributed by atoms with E-state index in [1.165, 1.54) is 28.9 Å². The van der Waals surface area contributed by atoms with Crippen molar-refractivity contribution in [1.82, 2.24) is 29.7 Å². The monoisotopic (exact) mass is 536 g/mol. The molecule has 0 amide bonds. The van der Waals surface area contributed by atoms with E-state index in [1.54, 1.807) is 6.92 Å². The summed E-state index contributed by atoms with van der Waals surface area (Å²) in [6, 6.07) is 12.5. The number of aromatic nitrogens is 4. The maximum Gasteiger partial charge on any atom is 0.267 e. The van der Waals surface area contributed by atoms with Gasteiger partial charge in [-0.1, -0.05) is 23.4 Å². The Morgan fingerprint density at radius 3 is 2.49 bits per heavy atom. The molecule has 9 nitrogen and oxygen atoms in total. The van der Waals surface area contributed by atoms with Crippen LogP contribution in [0, 0.1) is 18.6 Å². The molecule has 0 saturated carbocycles. The molecule has 0 atom stereocenters. The van der Waals surface area contributed by atoms with Crippen LogP contribution in [0.3, 0.4) is 0 Å². The second-order valence-corrected chi connectivity index (χ2v) is 9.67. The Morgan fingerprint density at radius 1 is 1.00 bits per heavy atom. The van der Waals surface area contributed by atoms with E-state index in [4.69, 9.17) is 9.26 Å². The molecule has 1 fully saturated rings. The van der Waals surface area contributed by atoms with Crippen LogP contribution in [0.4, 0.5) is 8.78 Å². The molecular weight excluding hydrogens is 506 g/mol. The average molecular weight is 537 g/mol. The highest BCUT2D eigenvalue weighted by atomic mass is 19.1. The van der Waals surface area contributed by atoms with Gasteiger partial charge < -0.3 is 19.1 Å². The first kappa shape index (κ1) is 26.6. The molecule has 0 aliphatic carbocycles. The fourth-order valence-electron chi connectivity index (χ4n) is 4.49. The molecule has 5 rings (SSSR count). The van der Waals surface area contributed by atoms with Gasteiger partial charge in [-0.3, -0.25) is 4.79 Å². The van der Waals surface area contributed by atoms with Gasteiger partial charge in [0, 0.05) is 56.8 Å². The van der Waals surface area contributed by atoms with Crippen molar-refractivity contribution in [2.75, 3.05) is 46.4 Å². The lowest BCUT2D eigenvalue weighted by molar-refractivity contribution is 0.144. The molecule has 39 heavy (non-hydrogen) atoms. The Kier molecular flexibility index (Phi) is 8.08. The Labute approximate surface area is 224 Å². The summed E-state index contributed by atoms with van der Waals surface area (Å²) in [4.78, 5) is 21.3. The molecule has 0 spiro atoms. The minimum Gasteiger partial charge on any atom is -0.488 e. The number of ether oxygens (including phenoxy) is 1. The van der Waals surface area contributed by atoms with Gasteiger partial charge in [-0.2, -0.15) is 10.1 Å². The summed E-state index contributed by atoms with van der Waals surface area (Å²) in [6.07, 6.45) is 0.671. The summed E-state index contributed by atoms with van der Waals surface area (Å²) >= 11 is 0. The number of rotatable bonds is 9. The van der Waals surface area contributed by atoms with Gasteiger partial charge in [-0.25, -0.2) is 13.5 Å². The zero-order valence-corrected chi connectivity index (χ0v) is 21.9. The highest BCUT2D eigenvalue weighted by Crippen LogP contribution is 2.28. The van der Waals surface area contributed by atoms with E-state index < -0.39 is 17.4 Å². The first-order valence-corrected chi connectivity index (χ1v) is 12.9. The molecule has 3 heterocycles. The number of halogens is 2. The summed E-state index contributed by atoms with van der Waals surface area (Å²) in [5.41, 5.74) is 1.63. The number of nitrogens with zero attached hydrogens (tertiary/aromatic N) is 6. The Balaban J connectivity index is 1.27. The van der Waals surface area contributed by atoms with Crippen LogP contribution in [0.1, 0.15) is 17.9 Å². The van der Waals surface area contributed by atoms with Gasteiger partial charge in [0.25, 0.3) is 5.56 Å². The van der Waals surface area contributed by atoms with E-state index >= 15 is 0 Å². The molecule has 204 valence electrons. The quantitative estimate of drug-likeness (QED) is 0.300.